The molecule has 0 saturated carbocycles. The van der Waals surface area contributed by atoms with Crippen molar-refractivity contribution in [1.29, 1.82) is 0 Å². The normalized spacial score (nSPS) is 11.9. The average molecular weight is 252 g/mol. The number of carboxylic acid groups (broad SMARTS) is 1. The highest BCUT2D eigenvalue weighted by Crippen LogP contribution is 1.90. The predicted octanol–water partition coefficient (Wildman–Crippen LogP) is -0.929. The third-order valence-corrected chi connectivity index (χ3v) is 1.86. The Hall–Kier alpha value is -0.990. The zero-order chi connectivity index (χ0) is 12.4. The summed E-state index contributed by atoms with van der Waals surface area (Å²) in [7, 11) is 0. The molecule has 0 aromatic carbocycles. The Bertz CT molecular complexity index is 226. The van der Waals surface area contributed by atoms with E-state index in [1.54, 1.807) is 0 Å². The number of aliphatic carboxylic acids is 1. The Morgan fingerprint density at radius 2 is 2.06 bits per heavy atom. The summed E-state index contributed by atoms with van der Waals surface area (Å²) in [5.41, 5.74) is 5.17. The van der Waals surface area contributed by atoms with Crippen LogP contribution in [-0.2, 0) is 14.3 Å². The second kappa shape index (κ2) is 9.25. The van der Waals surface area contributed by atoms with E-state index in [0.717, 1.165) is 0 Å². The Balaban J connectivity index is 3.61. The van der Waals surface area contributed by atoms with Gasteiger partial charge in [-0.1, -0.05) is 0 Å². The first-order chi connectivity index (χ1) is 7.61. The molecule has 1 atom stereocenters. The van der Waals surface area contributed by atoms with Crippen LogP contribution in [0.1, 0.15) is 0 Å². The lowest BCUT2D eigenvalue weighted by molar-refractivity contribution is -0.138. The molecule has 94 valence electrons. The second-order valence-corrected chi connectivity index (χ2v) is 3.12. The van der Waals surface area contributed by atoms with Crippen molar-refractivity contribution < 1.29 is 24.2 Å². The third kappa shape index (κ3) is 7.32. The number of alkyl carbamates (subject to hydrolysis) is 1. The Kier molecular flexibility index (Phi) is 8.68. The van der Waals surface area contributed by atoms with Crippen LogP contribution in [0.3, 0.4) is 0 Å². The molecule has 8 heteroatoms. The van der Waals surface area contributed by atoms with Crippen LogP contribution in [0.5, 0.6) is 0 Å². The smallest absolute Gasteiger partial charge is 0.407 e. The number of ether oxygens (including phenoxy) is 2. The molecule has 0 aromatic heterocycles. The van der Waals surface area contributed by atoms with Crippen molar-refractivity contribution in [3.8, 4) is 0 Å². The minimum absolute atomic E-state index is 0.00585. The second-order valence-electron chi connectivity index (χ2n) is 2.75. The van der Waals surface area contributed by atoms with Gasteiger partial charge >= 0.3 is 12.1 Å². The first-order valence-corrected chi connectivity index (χ1v) is 5.29. The van der Waals surface area contributed by atoms with Gasteiger partial charge in [-0.05, 0) is 0 Å². The van der Waals surface area contributed by atoms with Crippen LogP contribution in [0.15, 0.2) is 0 Å². The van der Waals surface area contributed by atoms with E-state index in [1.165, 1.54) is 0 Å². The number of hydrogen-bond acceptors (Lipinski definition) is 6. The molecule has 0 fully saturated rings. The van der Waals surface area contributed by atoms with Gasteiger partial charge in [0.15, 0.2) is 0 Å². The van der Waals surface area contributed by atoms with Gasteiger partial charge in [-0.2, -0.15) is 12.6 Å². The summed E-state index contributed by atoms with van der Waals surface area (Å²) in [4.78, 5) is 21.6. The molecule has 0 aliphatic heterocycles. The van der Waals surface area contributed by atoms with E-state index in [1.807, 2.05) is 0 Å². The molecular formula is C8H16N2O5S. The number of amides is 1. The number of rotatable bonds is 8. The van der Waals surface area contributed by atoms with Gasteiger partial charge < -0.3 is 25.6 Å². The molecule has 0 rings (SSSR count). The van der Waals surface area contributed by atoms with Gasteiger partial charge in [-0.3, -0.25) is 0 Å². The zero-order valence-corrected chi connectivity index (χ0v) is 9.61. The van der Waals surface area contributed by atoms with Crippen molar-refractivity contribution in [3.63, 3.8) is 0 Å². The molecule has 0 radical (unpaired) electrons. The number of carbonyl (C=O) groups excluding carboxylic acids is 1. The van der Waals surface area contributed by atoms with Crippen molar-refractivity contribution in [2.24, 2.45) is 5.73 Å². The number of thiol groups is 1. The largest absolute Gasteiger partial charge is 0.480 e. The highest BCUT2D eigenvalue weighted by molar-refractivity contribution is 7.80. The summed E-state index contributed by atoms with van der Waals surface area (Å²) in [6, 6.07) is -1.05. The Morgan fingerprint density at radius 3 is 2.56 bits per heavy atom. The van der Waals surface area contributed by atoms with E-state index in [0.29, 0.717) is 13.2 Å². The molecule has 7 nitrogen and oxygen atoms in total. The van der Waals surface area contributed by atoms with Gasteiger partial charge in [0.25, 0.3) is 0 Å². The van der Waals surface area contributed by atoms with Gasteiger partial charge in [0, 0.05) is 12.3 Å². The maximum Gasteiger partial charge on any atom is 0.407 e. The van der Waals surface area contributed by atoms with Crippen LogP contribution in [0.2, 0.25) is 0 Å². The minimum Gasteiger partial charge on any atom is -0.480 e. The molecule has 0 aliphatic carbocycles. The van der Waals surface area contributed by atoms with Gasteiger partial charge in [0.05, 0.1) is 13.2 Å². The van der Waals surface area contributed by atoms with Crippen molar-refractivity contribution in [2.45, 2.75) is 6.04 Å². The maximum absolute atomic E-state index is 11.0. The molecule has 1 amide bonds. The summed E-state index contributed by atoms with van der Waals surface area (Å²) in [5, 5.41) is 10.7. The third-order valence-electron chi connectivity index (χ3n) is 1.50. The van der Waals surface area contributed by atoms with E-state index >= 15 is 0 Å². The fourth-order valence-corrected chi connectivity index (χ4v) is 0.996. The predicted molar refractivity (Wildman–Crippen MR) is 59.6 cm³/mol. The van der Waals surface area contributed by atoms with E-state index in [4.69, 9.17) is 15.6 Å². The number of nitrogens with two attached hydrogens (primary N) is 1. The van der Waals surface area contributed by atoms with Crippen molar-refractivity contribution >= 4 is 24.7 Å². The summed E-state index contributed by atoms with van der Waals surface area (Å²) < 4.78 is 9.61. The van der Waals surface area contributed by atoms with Crippen LogP contribution in [-0.4, -0.2) is 55.3 Å². The van der Waals surface area contributed by atoms with Gasteiger partial charge in [-0.15, -0.1) is 0 Å². The minimum atomic E-state index is -1.16. The molecule has 0 aromatic rings. The van der Waals surface area contributed by atoms with Crippen molar-refractivity contribution in [1.82, 2.24) is 5.32 Å². The van der Waals surface area contributed by atoms with Crippen molar-refractivity contribution in [3.05, 3.63) is 0 Å². The molecular weight excluding hydrogens is 236 g/mol. The lowest BCUT2D eigenvalue weighted by Crippen LogP contribution is -2.42. The van der Waals surface area contributed by atoms with Gasteiger partial charge in [0.1, 0.15) is 12.6 Å². The summed E-state index contributed by atoms with van der Waals surface area (Å²) in [5.74, 6) is -1.17. The molecule has 0 bridgehead atoms. The first-order valence-electron chi connectivity index (χ1n) is 4.66. The van der Waals surface area contributed by atoms with E-state index in [-0.39, 0.29) is 19.0 Å². The lowest BCUT2D eigenvalue weighted by atomic mass is 10.3. The van der Waals surface area contributed by atoms with Crippen LogP contribution in [0, 0.1) is 0 Å². The van der Waals surface area contributed by atoms with Gasteiger partial charge in [0.2, 0.25) is 0 Å². The van der Waals surface area contributed by atoms with E-state index < -0.39 is 18.1 Å². The zero-order valence-electron chi connectivity index (χ0n) is 8.72. The van der Waals surface area contributed by atoms with E-state index in [9.17, 15) is 9.59 Å². The molecule has 0 aliphatic rings. The highest BCUT2D eigenvalue weighted by Gasteiger charge is 2.18. The Morgan fingerprint density at radius 1 is 1.38 bits per heavy atom. The maximum atomic E-state index is 11.0. The molecule has 16 heavy (non-hydrogen) atoms. The molecule has 0 saturated heterocycles. The molecule has 0 heterocycles. The quantitative estimate of drug-likeness (QED) is 0.328. The average Bonchev–Trinajstić information content (AvgIpc) is 2.25. The molecule has 1 unspecified atom stereocenters. The standard InChI is InChI=1S/C8H16N2O5S/c9-1-2-14-3-4-15-8(13)10-6(5-16)7(11)12/h6,16H,1-5,9H2,(H,10,13)(H,11,12). The highest BCUT2D eigenvalue weighted by atomic mass is 32.1. The monoisotopic (exact) mass is 252 g/mol. The van der Waals surface area contributed by atoms with Gasteiger partial charge in [-0.25, -0.2) is 9.59 Å². The Labute approximate surface area is 98.7 Å². The summed E-state index contributed by atoms with van der Waals surface area (Å²) >= 11 is 3.78. The van der Waals surface area contributed by atoms with Crippen LogP contribution < -0.4 is 11.1 Å². The van der Waals surface area contributed by atoms with Crippen LogP contribution >= 0.6 is 12.6 Å². The van der Waals surface area contributed by atoms with Crippen LogP contribution in [0.4, 0.5) is 4.79 Å². The topological polar surface area (TPSA) is 111 Å². The summed E-state index contributed by atoms with van der Waals surface area (Å²) in [6.45, 7) is 1.06. The molecule has 4 N–H and O–H groups in total. The lowest BCUT2D eigenvalue weighted by Gasteiger charge is -2.11. The van der Waals surface area contributed by atoms with Crippen LogP contribution in [0.25, 0.3) is 0 Å². The number of carboxylic acids is 1. The summed E-state index contributed by atoms with van der Waals surface area (Å²) in [6.07, 6.45) is -0.808. The molecule has 0 spiro atoms. The van der Waals surface area contributed by atoms with E-state index in [2.05, 4.69) is 22.7 Å². The number of carbonyl (C=O) groups is 2. The van der Waals surface area contributed by atoms with Crippen molar-refractivity contribution in [2.75, 3.05) is 32.1 Å². The fraction of sp³-hybridized carbons (Fsp3) is 0.750. The fourth-order valence-electron chi connectivity index (χ4n) is 0.748. The SMILES string of the molecule is NCCOCCOC(=O)NC(CS)C(=O)O. The number of nitrogens with one attached hydrogen (secondary N) is 1. The number of hydrogen-bond donors (Lipinski definition) is 4. The first kappa shape index (κ1) is 15.0.